The Kier molecular flexibility index (Phi) is 4.43. The van der Waals surface area contributed by atoms with E-state index in [-0.39, 0.29) is 12.2 Å². The molecule has 0 bridgehead atoms. The Labute approximate surface area is 129 Å². The first-order valence-electron chi connectivity index (χ1n) is 8.05. The molecule has 22 heavy (non-hydrogen) atoms. The number of carboxylic acid groups (broad SMARTS) is 1. The van der Waals surface area contributed by atoms with Gasteiger partial charge in [-0.25, -0.2) is 9.78 Å². The van der Waals surface area contributed by atoms with Gasteiger partial charge in [0.15, 0.2) is 0 Å². The van der Waals surface area contributed by atoms with Crippen LogP contribution in [0, 0.1) is 0 Å². The first-order valence-corrected chi connectivity index (χ1v) is 8.05. The highest BCUT2D eigenvalue weighted by molar-refractivity contribution is 5.92. The van der Waals surface area contributed by atoms with Gasteiger partial charge in [-0.1, -0.05) is 19.3 Å². The molecule has 2 aromatic rings. The lowest BCUT2D eigenvalue weighted by Gasteiger charge is -2.22. The fraction of sp³-hybridized carbons (Fsp3) is 0.529. The van der Waals surface area contributed by atoms with Crippen LogP contribution in [-0.4, -0.2) is 32.3 Å². The number of carbonyl (C=O) groups is 1. The van der Waals surface area contributed by atoms with Gasteiger partial charge in [-0.2, -0.15) is 0 Å². The van der Waals surface area contributed by atoms with Crippen LogP contribution in [0.25, 0.3) is 11.0 Å². The van der Waals surface area contributed by atoms with Crippen molar-refractivity contribution in [3.63, 3.8) is 0 Å². The van der Waals surface area contributed by atoms with E-state index in [2.05, 4.69) is 4.57 Å². The summed E-state index contributed by atoms with van der Waals surface area (Å²) in [6.07, 6.45) is 6.73. The minimum absolute atomic E-state index is 0.150. The zero-order valence-electron chi connectivity index (χ0n) is 12.7. The summed E-state index contributed by atoms with van der Waals surface area (Å²) >= 11 is 0. The average molecular weight is 302 g/mol. The zero-order valence-corrected chi connectivity index (χ0v) is 12.7. The maximum atomic E-state index is 11.1. The molecule has 2 N–H and O–H groups in total. The van der Waals surface area contributed by atoms with Crippen LogP contribution in [0.1, 0.15) is 60.6 Å². The van der Waals surface area contributed by atoms with Gasteiger partial charge in [0, 0.05) is 19.1 Å². The molecule has 0 amide bonds. The number of aromatic nitrogens is 2. The van der Waals surface area contributed by atoms with Crippen LogP contribution in [0.5, 0.6) is 0 Å². The van der Waals surface area contributed by atoms with Crippen LogP contribution in [0.2, 0.25) is 0 Å². The van der Waals surface area contributed by atoms with Gasteiger partial charge in [0.05, 0.1) is 16.6 Å². The second-order valence-corrected chi connectivity index (χ2v) is 6.04. The summed E-state index contributed by atoms with van der Waals surface area (Å²) in [5.41, 5.74) is 1.99. The molecule has 0 atom stereocenters. The fourth-order valence-corrected chi connectivity index (χ4v) is 3.42. The van der Waals surface area contributed by atoms with Gasteiger partial charge in [-0.15, -0.1) is 0 Å². The zero-order chi connectivity index (χ0) is 15.5. The van der Waals surface area contributed by atoms with E-state index in [1.807, 2.05) is 6.07 Å². The molecule has 1 aliphatic carbocycles. The number of aliphatic hydroxyl groups is 1. The average Bonchev–Trinajstić information content (AvgIpc) is 2.91. The quantitative estimate of drug-likeness (QED) is 0.889. The summed E-state index contributed by atoms with van der Waals surface area (Å²) in [5, 5.41) is 18.3. The summed E-state index contributed by atoms with van der Waals surface area (Å²) < 4.78 is 2.17. The van der Waals surface area contributed by atoms with Crippen LogP contribution >= 0.6 is 0 Å². The minimum atomic E-state index is -0.925. The maximum absolute atomic E-state index is 11.1. The Morgan fingerprint density at radius 1 is 1.27 bits per heavy atom. The molecule has 0 unspecified atom stereocenters. The number of carboxylic acids is 1. The van der Waals surface area contributed by atoms with Crippen LogP contribution in [-0.2, 0) is 6.54 Å². The molecule has 1 saturated carbocycles. The third-order valence-electron chi connectivity index (χ3n) is 4.53. The molecule has 0 radical (unpaired) electrons. The van der Waals surface area contributed by atoms with E-state index >= 15 is 0 Å². The van der Waals surface area contributed by atoms with Crippen molar-refractivity contribution in [2.24, 2.45) is 0 Å². The second-order valence-electron chi connectivity index (χ2n) is 6.04. The molecular formula is C17H22N2O3. The van der Waals surface area contributed by atoms with Crippen LogP contribution in [0.15, 0.2) is 18.2 Å². The Hall–Kier alpha value is -1.88. The second kappa shape index (κ2) is 6.48. The van der Waals surface area contributed by atoms with E-state index in [9.17, 15) is 4.79 Å². The van der Waals surface area contributed by atoms with Crippen molar-refractivity contribution >= 4 is 17.0 Å². The third kappa shape index (κ3) is 2.86. The van der Waals surface area contributed by atoms with Crippen molar-refractivity contribution in [3.05, 3.63) is 29.6 Å². The lowest BCUT2D eigenvalue weighted by Crippen LogP contribution is -2.13. The predicted molar refractivity (Wildman–Crippen MR) is 84.2 cm³/mol. The molecule has 0 saturated heterocycles. The number of hydrogen-bond donors (Lipinski definition) is 2. The number of aryl methyl sites for hydroxylation is 1. The Bertz CT molecular complexity index is 672. The monoisotopic (exact) mass is 302 g/mol. The van der Waals surface area contributed by atoms with Crippen molar-refractivity contribution in [3.8, 4) is 0 Å². The normalized spacial score (nSPS) is 16.2. The number of benzene rings is 1. The largest absolute Gasteiger partial charge is 0.478 e. The summed E-state index contributed by atoms with van der Waals surface area (Å²) in [6, 6.07) is 5.13. The molecule has 0 spiro atoms. The summed E-state index contributed by atoms with van der Waals surface area (Å²) in [4.78, 5) is 15.9. The van der Waals surface area contributed by atoms with E-state index in [0.717, 1.165) is 36.2 Å². The first-order chi connectivity index (χ1) is 10.7. The number of fused-ring (bicyclic) bond motifs is 1. The molecule has 5 nitrogen and oxygen atoms in total. The van der Waals surface area contributed by atoms with Crippen LogP contribution < -0.4 is 0 Å². The van der Waals surface area contributed by atoms with Gasteiger partial charge < -0.3 is 14.8 Å². The third-order valence-corrected chi connectivity index (χ3v) is 4.53. The summed E-state index contributed by atoms with van der Waals surface area (Å²) in [5.74, 6) is 0.588. The number of rotatable bonds is 5. The van der Waals surface area contributed by atoms with Gasteiger partial charge in [0.1, 0.15) is 5.82 Å². The molecule has 1 aliphatic rings. The molecule has 1 fully saturated rings. The lowest BCUT2D eigenvalue weighted by molar-refractivity contribution is 0.0697. The molecule has 3 rings (SSSR count). The van der Waals surface area contributed by atoms with E-state index in [4.69, 9.17) is 15.2 Å². The topological polar surface area (TPSA) is 75.3 Å². The van der Waals surface area contributed by atoms with E-state index in [1.54, 1.807) is 12.1 Å². The van der Waals surface area contributed by atoms with Gasteiger partial charge >= 0.3 is 5.97 Å². The smallest absolute Gasteiger partial charge is 0.335 e. The Morgan fingerprint density at radius 2 is 2.05 bits per heavy atom. The van der Waals surface area contributed by atoms with Crippen molar-refractivity contribution in [2.75, 3.05) is 6.61 Å². The molecule has 1 aromatic carbocycles. The fourth-order valence-electron chi connectivity index (χ4n) is 3.42. The summed E-state index contributed by atoms with van der Waals surface area (Å²) in [6.45, 7) is 0.877. The molecule has 118 valence electrons. The minimum Gasteiger partial charge on any atom is -0.478 e. The van der Waals surface area contributed by atoms with Crippen molar-refractivity contribution in [1.82, 2.24) is 9.55 Å². The van der Waals surface area contributed by atoms with Gasteiger partial charge in [0.25, 0.3) is 0 Å². The molecule has 1 heterocycles. The standard InChI is InChI=1S/C17H22N2O3/c20-10-4-9-19-15-8-7-13(17(21)22)11-14(15)18-16(19)12-5-2-1-3-6-12/h7-8,11-12,20H,1-6,9-10H2,(H,21,22). The van der Waals surface area contributed by atoms with Gasteiger partial charge in [0.2, 0.25) is 0 Å². The molecule has 0 aliphatic heterocycles. The molecular weight excluding hydrogens is 280 g/mol. The predicted octanol–water partition coefficient (Wildman–Crippen LogP) is 3.16. The number of nitrogens with zero attached hydrogens (tertiary/aromatic N) is 2. The highest BCUT2D eigenvalue weighted by atomic mass is 16.4. The Morgan fingerprint density at radius 3 is 2.73 bits per heavy atom. The highest BCUT2D eigenvalue weighted by Crippen LogP contribution is 2.34. The number of imidazole rings is 1. The van der Waals surface area contributed by atoms with Crippen molar-refractivity contribution in [2.45, 2.75) is 51.0 Å². The lowest BCUT2D eigenvalue weighted by atomic mass is 9.88. The summed E-state index contributed by atoms with van der Waals surface area (Å²) in [7, 11) is 0. The van der Waals surface area contributed by atoms with E-state index < -0.39 is 5.97 Å². The van der Waals surface area contributed by atoms with Gasteiger partial charge in [-0.05, 0) is 37.5 Å². The van der Waals surface area contributed by atoms with Crippen molar-refractivity contribution in [1.29, 1.82) is 0 Å². The number of aliphatic hydroxyl groups excluding tert-OH is 1. The molecule has 1 aromatic heterocycles. The maximum Gasteiger partial charge on any atom is 0.335 e. The van der Waals surface area contributed by atoms with Crippen molar-refractivity contribution < 1.29 is 15.0 Å². The van der Waals surface area contributed by atoms with Gasteiger partial charge in [-0.3, -0.25) is 0 Å². The SMILES string of the molecule is O=C(O)c1ccc2c(c1)nc(C1CCCCC1)n2CCCO. The Balaban J connectivity index is 2.05. The van der Waals surface area contributed by atoms with Crippen LogP contribution in [0.4, 0.5) is 0 Å². The molecule has 5 heteroatoms. The van der Waals surface area contributed by atoms with E-state index in [0.29, 0.717) is 12.3 Å². The van der Waals surface area contributed by atoms with E-state index in [1.165, 1.54) is 19.3 Å². The highest BCUT2D eigenvalue weighted by Gasteiger charge is 2.22. The number of aromatic carboxylic acids is 1. The number of hydrogen-bond acceptors (Lipinski definition) is 3. The van der Waals surface area contributed by atoms with Crippen LogP contribution in [0.3, 0.4) is 0 Å². The first kappa shape index (κ1) is 15.0.